The molecule has 23 heavy (non-hydrogen) atoms. The fourth-order valence-electron chi connectivity index (χ4n) is 1.84. The summed E-state index contributed by atoms with van der Waals surface area (Å²) in [6.45, 7) is 0.472. The van der Waals surface area contributed by atoms with E-state index < -0.39 is 0 Å². The van der Waals surface area contributed by atoms with Gasteiger partial charge in [-0.25, -0.2) is 0 Å². The van der Waals surface area contributed by atoms with Gasteiger partial charge in [0.25, 0.3) is 0 Å². The number of rotatable bonds is 6. The summed E-state index contributed by atoms with van der Waals surface area (Å²) in [6, 6.07) is 15.6. The van der Waals surface area contributed by atoms with Gasteiger partial charge in [0, 0.05) is 7.05 Å². The molecule has 0 bridgehead atoms. The van der Waals surface area contributed by atoms with Gasteiger partial charge < -0.3 is 14.8 Å². The topological polar surface area (TPSA) is 54.9 Å². The molecule has 0 aliphatic rings. The molecule has 0 saturated carbocycles. The number of nitrogens with one attached hydrogen (secondary N) is 2. The van der Waals surface area contributed by atoms with E-state index in [2.05, 4.69) is 15.8 Å². The van der Waals surface area contributed by atoms with E-state index >= 15 is 0 Å². The van der Waals surface area contributed by atoms with Crippen LogP contribution in [0.2, 0.25) is 0 Å². The summed E-state index contributed by atoms with van der Waals surface area (Å²) in [7, 11) is 3.35. The van der Waals surface area contributed by atoms with E-state index in [1.807, 2.05) is 48.5 Å². The molecule has 0 saturated heterocycles. The van der Waals surface area contributed by atoms with Gasteiger partial charge >= 0.3 is 0 Å². The molecule has 0 aliphatic carbocycles. The monoisotopic (exact) mass is 329 g/mol. The first-order valence-corrected chi connectivity index (χ1v) is 7.49. The second kappa shape index (κ2) is 8.75. The molecule has 2 N–H and O–H groups in total. The van der Waals surface area contributed by atoms with Gasteiger partial charge in [0.2, 0.25) is 0 Å². The van der Waals surface area contributed by atoms with Gasteiger partial charge in [0.05, 0.1) is 13.3 Å². The Bertz CT molecular complexity index is 675. The Morgan fingerprint density at radius 2 is 1.96 bits per heavy atom. The molecule has 2 aromatic carbocycles. The largest absolute Gasteiger partial charge is 0.493 e. The molecule has 0 aromatic heterocycles. The third-order valence-electron chi connectivity index (χ3n) is 3.03. The summed E-state index contributed by atoms with van der Waals surface area (Å²) in [5, 5.41) is 7.29. The van der Waals surface area contributed by atoms with Crippen LogP contribution >= 0.6 is 12.2 Å². The van der Waals surface area contributed by atoms with Crippen molar-refractivity contribution in [2.24, 2.45) is 5.10 Å². The Hall–Kier alpha value is -2.60. The zero-order valence-corrected chi connectivity index (χ0v) is 13.9. The zero-order valence-electron chi connectivity index (χ0n) is 13.1. The number of benzene rings is 2. The third-order valence-corrected chi connectivity index (χ3v) is 3.33. The summed E-state index contributed by atoms with van der Waals surface area (Å²) >= 11 is 4.95. The predicted molar refractivity (Wildman–Crippen MR) is 96.2 cm³/mol. The zero-order chi connectivity index (χ0) is 16.5. The number of thiocarbonyl (C=S) groups is 1. The number of hydrazone groups is 1. The van der Waals surface area contributed by atoms with Crippen LogP contribution in [0.15, 0.2) is 53.6 Å². The van der Waals surface area contributed by atoms with Crippen LogP contribution in [-0.4, -0.2) is 25.5 Å². The van der Waals surface area contributed by atoms with Gasteiger partial charge in [-0.15, -0.1) is 0 Å². The maximum atomic E-state index is 5.86. The molecule has 0 radical (unpaired) electrons. The molecule has 2 aromatic rings. The first-order valence-electron chi connectivity index (χ1n) is 7.08. The molecule has 120 valence electrons. The molecule has 2 rings (SSSR count). The van der Waals surface area contributed by atoms with Crippen molar-refractivity contribution in [2.45, 2.75) is 6.61 Å². The Labute approximate surface area is 141 Å². The Morgan fingerprint density at radius 1 is 1.17 bits per heavy atom. The molecule has 0 fully saturated rings. The van der Waals surface area contributed by atoms with Crippen molar-refractivity contribution in [3.05, 3.63) is 59.7 Å². The van der Waals surface area contributed by atoms with E-state index in [1.165, 1.54) is 0 Å². The summed E-state index contributed by atoms with van der Waals surface area (Å²) in [4.78, 5) is 0. The highest BCUT2D eigenvalue weighted by atomic mass is 32.1. The van der Waals surface area contributed by atoms with Crippen molar-refractivity contribution in [1.29, 1.82) is 0 Å². The maximum absolute atomic E-state index is 5.86. The average Bonchev–Trinajstić information content (AvgIpc) is 2.60. The number of ether oxygens (including phenoxy) is 2. The summed E-state index contributed by atoms with van der Waals surface area (Å²) in [5.74, 6) is 1.34. The predicted octanol–water partition coefficient (Wildman–Crippen LogP) is 2.70. The molecular weight excluding hydrogens is 310 g/mol. The van der Waals surface area contributed by atoms with Crippen LogP contribution in [0, 0.1) is 0 Å². The molecule has 0 aliphatic heterocycles. The van der Waals surface area contributed by atoms with Crippen LogP contribution < -0.4 is 20.2 Å². The second-order valence-electron chi connectivity index (χ2n) is 4.63. The van der Waals surface area contributed by atoms with Gasteiger partial charge in [0.15, 0.2) is 16.6 Å². The van der Waals surface area contributed by atoms with E-state index in [0.717, 1.165) is 11.1 Å². The summed E-state index contributed by atoms with van der Waals surface area (Å²) < 4.78 is 11.2. The van der Waals surface area contributed by atoms with Crippen LogP contribution in [0.5, 0.6) is 11.5 Å². The Morgan fingerprint density at radius 3 is 2.65 bits per heavy atom. The maximum Gasteiger partial charge on any atom is 0.186 e. The fraction of sp³-hybridized carbons (Fsp3) is 0.176. The quantitative estimate of drug-likeness (QED) is 0.485. The average molecular weight is 329 g/mol. The second-order valence-corrected chi connectivity index (χ2v) is 5.04. The molecule has 0 unspecified atom stereocenters. The van der Waals surface area contributed by atoms with E-state index in [-0.39, 0.29) is 0 Å². The molecule has 0 atom stereocenters. The van der Waals surface area contributed by atoms with Crippen LogP contribution in [0.3, 0.4) is 0 Å². The lowest BCUT2D eigenvalue weighted by Crippen LogP contribution is -2.28. The highest BCUT2D eigenvalue weighted by molar-refractivity contribution is 7.80. The highest BCUT2D eigenvalue weighted by Gasteiger charge is 2.05. The number of hydrogen-bond acceptors (Lipinski definition) is 4. The van der Waals surface area contributed by atoms with Crippen molar-refractivity contribution < 1.29 is 9.47 Å². The number of methoxy groups -OCH3 is 1. The Balaban J connectivity index is 2.07. The van der Waals surface area contributed by atoms with Crippen LogP contribution in [-0.2, 0) is 6.61 Å². The SMILES string of the molecule is CNC(=S)N/N=C/c1ccc(OC)c(OCc2ccccc2)c1. The van der Waals surface area contributed by atoms with Gasteiger partial charge in [-0.1, -0.05) is 30.3 Å². The lowest BCUT2D eigenvalue weighted by molar-refractivity contribution is 0.284. The van der Waals surface area contributed by atoms with Crippen LogP contribution in [0.4, 0.5) is 0 Å². The van der Waals surface area contributed by atoms with E-state index in [0.29, 0.717) is 23.2 Å². The molecule has 0 spiro atoms. The number of hydrogen-bond donors (Lipinski definition) is 2. The molecule has 5 nitrogen and oxygen atoms in total. The van der Waals surface area contributed by atoms with E-state index in [4.69, 9.17) is 21.7 Å². The van der Waals surface area contributed by atoms with Gasteiger partial charge in [0.1, 0.15) is 6.61 Å². The smallest absolute Gasteiger partial charge is 0.186 e. The molecule has 0 heterocycles. The van der Waals surface area contributed by atoms with Crippen LogP contribution in [0.1, 0.15) is 11.1 Å². The van der Waals surface area contributed by atoms with Crippen molar-refractivity contribution in [3.63, 3.8) is 0 Å². The molecule has 6 heteroatoms. The summed E-state index contributed by atoms with van der Waals surface area (Å²) in [5.41, 5.74) is 4.67. The Kier molecular flexibility index (Phi) is 6.38. The third kappa shape index (κ3) is 5.27. The first kappa shape index (κ1) is 16.8. The number of nitrogens with zero attached hydrogens (tertiary/aromatic N) is 1. The standard InChI is InChI=1S/C17H19N3O2S/c1-18-17(23)20-19-11-14-8-9-15(21-2)16(10-14)22-12-13-6-4-3-5-7-13/h3-11H,12H2,1-2H3,(H2,18,20,23)/b19-11+. The van der Waals surface area contributed by atoms with Crippen molar-refractivity contribution >= 4 is 23.5 Å². The lowest BCUT2D eigenvalue weighted by Gasteiger charge is -2.11. The van der Waals surface area contributed by atoms with E-state index in [1.54, 1.807) is 20.4 Å². The van der Waals surface area contributed by atoms with Crippen molar-refractivity contribution in [1.82, 2.24) is 10.7 Å². The molecular formula is C17H19N3O2S. The minimum atomic E-state index is 0.454. The van der Waals surface area contributed by atoms with Gasteiger partial charge in [-0.2, -0.15) is 5.10 Å². The minimum absolute atomic E-state index is 0.454. The highest BCUT2D eigenvalue weighted by Crippen LogP contribution is 2.28. The fourth-order valence-corrected chi connectivity index (χ4v) is 1.90. The van der Waals surface area contributed by atoms with E-state index in [9.17, 15) is 0 Å². The van der Waals surface area contributed by atoms with Gasteiger partial charge in [-0.05, 0) is 41.5 Å². The molecule has 0 amide bonds. The normalized spacial score (nSPS) is 10.3. The van der Waals surface area contributed by atoms with Crippen molar-refractivity contribution in [2.75, 3.05) is 14.2 Å². The van der Waals surface area contributed by atoms with Crippen molar-refractivity contribution in [3.8, 4) is 11.5 Å². The van der Waals surface area contributed by atoms with Crippen LogP contribution in [0.25, 0.3) is 0 Å². The first-order chi connectivity index (χ1) is 11.2. The van der Waals surface area contributed by atoms with Gasteiger partial charge in [-0.3, -0.25) is 5.43 Å². The lowest BCUT2D eigenvalue weighted by atomic mass is 10.2. The minimum Gasteiger partial charge on any atom is -0.493 e. The summed E-state index contributed by atoms with van der Waals surface area (Å²) in [6.07, 6.45) is 1.67.